The molecule has 0 spiro atoms. The summed E-state index contributed by atoms with van der Waals surface area (Å²) in [5.74, 6) is 0.848. The summed E-state index contributed by atoms with van der Waals surface area (Å²) in [6.07, 6.45) is 2.28. The minimum atomic E-state index is -0.315. The van der Waals surface area contributed by atoms with Crippen LogP contribution >= 0.6 is 0 Å². The van der Waals surface area contributed by atoms with Crippen LogP contribution in [-0.2, 0) is 6.42 Å². The maximum absolute atomic E-state index is 12.4. The highest BCUT2D eigenvalue weighted by Crippen LogP contribution is 2.23. The van der Waals surface area contributed by atoms with Gasteiger partial charge in [0, 0.05) is 12.3 Å². The number of carbonyl (C=O) groups excluding carboxylic acids is 1. The Kier molecular flexibility index (Phi) is 4.55. The monoisotopic (exact) mass is 328 g/mol. The normalized spacial score (nSPS) is 14.2. The Bertz CT molecular complexity index is 794. The van der Waals surface area contributed by atoms with E-state index in [2.05, 4.69) is 11.9 Å². The van der Waals surface area contributed by atoms with Crippen LogP contribution in [0.3, 0.4) is 0 Å². The fourth-order valence-corrected chi connectivity index (χ4v) is 2.68. The third-order valence-electron chi connectivity index (χ3n) is 4.11. The van der Waals surface area contributed by atoms with Crippen LogP contribution in [-0.4, -0.2) is 42.1 Å². The molecule has 2 heterocycles. The minimum absolute atomic E-state index is 0.0216. The number of nitrogens with zero attached hydrogens (tertiary/aromatic N) is 1. The minimum Gasteiger partial charge on any atom is -0.491 e. The van der Waals surface area contributed by atoms with Crippen LogP contribution in [0.1, 0.15) is 23.0 Å². The summed E-state index contributed by atoms with van der Waals surface area (Å²) in [7, 11) is 1.41. The Morgan fingerprint density at radius 3 is 2.71 bits per heavy atom. The molecule has 6 heteroatoms. The lowest BCUT2D eigenvalue weighted by Gasteiger charge is -2.39. The summed E-state index contributed by atoms with van der Waals surface area (Å²) in [4.78, 5) is 28.6. The number of ether oxygens (including phenoxy) is 2. The number of methoxy groups -OCH3 is 1. The van der Waals surface area contributed by atoms with Crippen LogP contribution in [0, 0.1) is 0 Å². The first-order valence-electron chi connectivity index (χ1n) is 7.93. The average molecular weight is 328 g/mol. The van der Waals surface area contributed by atoms with E-state index in [1.54, 1.807) is 4.90 Å². The smallest absolute Gasteiger partial charge is 0.270 e. The van der Waals surface area contributed by atoms with Gasteiger partial charge in [-0.1, -0.05) is 25.1 Å². The average Bonchev–Trinajstić information content (AvgIpc) is 2.57. The lowest BCUT2D eigenvalue weighted by atomic mass is 10.1. The van der Waals surface area contributed by atoms with E-state index >= 15 is 0 Å². The number of carbonyl (C=O) groups is 1. The highest BCUT2D eigenvalue weighted by atomic mass is 16.5. The topological polar surface area (TPSA) is 71.6 Å². The number of H-pyrrole nitrogens is 1. The molecule has 126 valence electrons. The fraction of sp³-hybridized carbons (Fsp3) is 0.333. The summed E-state index contributed by atoms with van der Waals surface area (Å²) in [6, 6.07) is 9.19. The van der Waals surface area contributed by atoms with Crippen molar-refractivity contribution in [2.45, 2.75) is 19.4 Å². The summed E-state index contributed by atoms with van der Waals surface area (Å²) >= 11 is 0. The van der Waals surface area contributed by atoms with E-state index in [9.17, 15) is 9.59 Å². The maximum Gasteiger partial charge on any atom is 0.270 e. The molecule has 1 aliphatic heterocycles. The summed E-state index contributed by atoms with van der Waals surface area (Å²) in [5, 5.41) is 0. The quantitative estimate of drug-likeness (QED) is 0.909. The Balaban J connectivity index is 1.61. The van der Waals surface area contributed by atoms with Crippen molar-refractivity contribution in [1.82, 2.24) is 9.88 Å². The fourth-order valence-electron chi connectivity index (χ4n) is 2.68. The van der Waals surface area contributed by atoms with Crippen LogP contribution < -0.4 is 14.9 Å². The molecular formula is C18H20N2O4. The summed E-state index contributed by atoms with van der Waals surface area (Å²) in [6.45, 7) is 3.09. The molecule has 24 heavy (non-hydrogen) atoms. The van der Waals surface area contributed by atoms with E-state index in [0.717, 1.165) is 17.7 Å². The van der Waals surface area contributed by atoms with Crippen molar-refractivity contribution in [3.63, 3.8) is 0 Å². The van der Waals surface area contributed by atoms with Crippen LogP contribution in [0.4, 0.5) is 0 Å². The number of nitrogens with one attached hydrogen (secondary N) is 1. The number of aromatic nitrogens is 1. The largest absolute Gasteiger partial charge is 0.491 e. The predicted molar refractivity (Wildman–Crippen MR) is 89.8 cm³/mol. The number of likely N-dealkylation sites (tertiary alicyclic amines) is 1. The SMILES string of the molecule is CCc1ccccc1OC1CN(C(=O)c2cc(=O)c(OC)c[nH]2)C1. The molecule has 3 rings (SSSR count). The number of hydrogen-bond acceptors (Lipinski definition) is 4. The van der Waals surface area contributed by atoms with Gasteiger partial charge < -0.3 is 19.4 Å². The second-order valence-electron chi connectivity index (χ2n) is 5.69. The van der Waals surface area contributed by atoms with Crippen molar-refractivity contribution in [1.29, 1.82) is 0 Å². The lowest BCUT2D eigenvalue weighted by molar-refractivity contribution is 0.0170. The molecule has 0 unspecified atom stereocenters. The van der Waals surface area contributed by atoms with Gasteiger partial charge in [0.2, 0.25) is 5.43 Å². The van der Waals surface area contributed by atoms with Gasteiger partial charge in [-0.05, 0) is 18.1 Å². The number of aromatic amines is 1. The van der Waals surface area contributed by atoms with Crippen molar-refractivity contribution in [3.8, 4) is 11.5 Å². The molecule has 1 amide bonds. The molecule has 0 saturated carbocycles. The Labute approximate surface area is 140 Å². The number of amides is 1. The standard InChI is InChI=1S/C18H20N2O4/c1-3-12-6-4-5-7-16(12)24-13-10-20(11-13)18(22)14-8-15(21)17(23-2)9-19-14/h4-9,13H,3,10-11H2,1-2H3,(H,19,21). The van der Waals surface area contributed by atoms with Crippen LogP contribution in [0.2, 0.25) is 0 Å². The van der Waals surface area contributed by atoms with E-state index in [1.165, 1.54) is 19.4 Å². The molecule has 1 aliphatic rings. The zero-order valence-electron chi connectivity index (χ0n) is 13.7. The first-order chi connectivity index (χ1) is 11.6. The number of hydrogen-bond donors (Lipinski definition) is 1. The van der Waals surface area contributed by atoms with Gasteiger partial charge >= 0.3 is 0 Å². The van der Waals surface area contributed by atoms with E-state index in [4.69, 9.17) is 9.47 Å². The molecule has 0 radical (unpaired) electrons. The molecule has 1 N–H and O–H groups in total. The van der Waals surface area contributed by atoms with Crippen LogP contribution in [0.25, 0.3) is 0 Å². The van der Waals surface area contributed by atoms with Gasteiger partial charge in [-0.25, -0.2) is 0 Å². The molecule has 0 aliphatic carbocycles. The zero-order valence-corrected chi connectivity index (χ0v) is 13.7. The summed E-state index contributed by atoms with van der Waals surface area (Å²) < 4.78 is 10.9. The molecule has 1 fully saturated rings. The van der Waals surface area contributed by atoms with E-state index in [-0.39, 0.29) is 28.9 Å². The van der Waals surface area contributed by atoms with Crippen molar-refractivity contribution >= 4 is 5.91 Å². The van der Waals surface area contributed by atoms with Gasteiger partial charge in [0.15, 0.2) is 5.75 Å². The van der Waals surface area contributed by atoms with Gasteiger partial charge in [-0.15, -0.1) is 0 Å². The van der Waals surface area contributed by atoms with Gasteiger partial charge in [0.1, 0.15) is 17.5 Å². The Morgan fingerprint density at radius 1 is 1.29 bits per heavy atom. The van der Waals surface area contributed by atoms with E-state index < -0.39 is 0 Å². The molecule has 6 nitrogen and oxygen atoms in total. The Morgan fingerprint density at radius 2 is 2.04 bits per heavy atom. The third-order valence-corrected chi connectivity index (χ3v) is 4.11. The third kappa shape index (κ3) is 3.13. The number of pyridine rings is 1. The number of rotatable bonds is 5. The second-order valence-corrected chi connectivity index (χ2v) is 5.69. The van der Waals surface area contributed by atoms with Gasteiger partial charge in [-0.2, -0.15) is 0 Å². The molecule has 0 atom stereocenters. The molecular weight excluding hydrogens is 308 g/mol. The molecule has 1 aromatic carbocycles. The van der Waals surface area contributed by atoms with Crippen molar-refractivity contribution in [2.24, 2.45) is 0 Å². The summed E-state index contributed by atoms with van der Waals surface area (Å²) in [5.41, 5.74) is 1.10. The van der Waals surface area contributed by atoms with Gasteiger partial charge in [0.05, 0.1) is 20.2 Å². The molecule has 0 bridgehead atoms. The Hall–Kier alpha value is -2.76. The van der Waals surface area contributed by atoms with Crippen molar-refractivity contribution in [2.75, 3.05) is 20.2 Å². The number of aryl methyl sites for hydroxylation is 1. The lowest BCUT2D eigenvalue weighted by Crippen LogP contribution is -2.56. The predicted octanol–water partition coefficient (Wildman–Crippen LogP) is 1.85. The first-order valence-corrected chi connectivity index (χ1v) is 7.93. The zero-order chi connectivity index (χ0) is 17.1. The van der Waals surface area contributed by atoms with Crippen molar-refractivity contribution in [3.05, 3.63) is 58.0 Å². The first kappa shape index (κ1) is 16.1. The molecule has 2 aromatic rings. The van der Waals surface area contributed by atoms with Crippen molar-refractivity contribution < 1.29 is 14.3 Å². The van der Waals surface area contributed by atoms with Gasteiger partial charge in [0.25, 0.3) is 5.91 Å². The van der Waals surface area contributed by atoms with Crippen LogP contribution in [0.15, 0.2) is 41.3 Å². The highest BCUT2D eigenvalue weighted by molar-refractivity contribution is 5.93. The van der Waals surface area contributed by atoms with Gasteiger partial charge in [-0.3, -0.25) is 9.59 Å². The number of benzene rings is 1. The second kappa shape index (κ2) is 6.78. The number of para-hydroxylation sites is 1. The molecule has 1 aromatic heterocycles. The highest BCUT2D eigenvalue weighted by Gasteiger charge is 2.33. The molecule has 1 saturated heterocycles. The maximum atomic E-state index is 12.4. The van der Waals surface area contributed by atoms with E-state index in [0.29, 0.717) is 13.1 Å². The van der Waals surface area contributed by atoms with Crippen LogP contribution in [0.5, 0.6) is 11.5 Å². The van der Waals surface area contributed by atoms with E-state index in [1.807, 2.05) is 24.3 Å².